The molecule has 1 saturated heterocycles. The van der Waals surface area contributed by atoms with Gasteiger partial charge in [0.05, 0.1) is 18.3 Å². The number of furan rings is 1. The highest BCUT2D eigenvalue weighted by Crippen LogP contribution is 2.27. The van der Waals surface area contributed by atoms with E-state index in [4.69, 9.17) is 9.40 Å². The van der Waals surface area contributed by atoms with Crippen molar-refractivity contribution in [1.29, 1.82) is 0 Å². The molecular formula is C18H20N4O. The average Bonchev–Trinajstić information content (AvgIpc) is 3.13. The summed E-state index contributed by atoms with van der Waals surface area (Å²) in [5, 5.41) is 4.40. The molecule has 0 saturated carbocycles. The van der Waals surface area contributed by atoms with E-state index >= 15 is 0 Å². The van der Waals surface area contributed by atoms with Gasteiger partial charge in [0.15, 0.2) is 0 Å². The molecule has 0 atom stereocenters. The maximum atomic E-state index is 5.36. The van der Waals surface area contributed by atoms with Gasteiger partial charge in [-0.25, -0.2) is 4.98 Å². The molecule has 23 heavy (non-hydrogen) atoms. The SMILES string of the molecule is c1coc(CNc2nc(N3CCCCC3)c3ccccc3n2)c1. The highest BCUT2D eigenvalue weighted by Gasteiger charge is 2.16. The number of nitrogens with one attached hydrogen (secondary N) is 1. The Morgan fingerprint density at radius 2 is 1.87 bits per heavy atom. The molecule has 0 radical (unpaired) electrons. The van der Waals surface area contributed by atoms with Crippen LogP contribution in [0, 0.1) is 0 Å². The van der Waals surface area contributed by atoms with Gasteiger partial charge in [-0.05, 0) is 43.5 Å². The number of nitrogens with zero attached hydrogens (tertiary/aromatic N) is 3. The summed E-state index contributed by atoms with van der Waals surface area (Å²) in [6, 6.07) is 12.1. The minimum Gasteiger partial charge on any atom is -0.467 e. The summed E-state index contributed by atoms with van der Waals surface area (Å²) in [6.07, 6.45) is 5.45. The third kappa shape index (κ3) is 2.99. The van der Waals surface area contributed by atoms with Crippen molar-refractivity contribution in [2.45, 2.75) is 25.8 Å². The molecule has 5 heteroatoms. The Labute approximate surface area is 135 Å². The van der Waals surface area contributed by atoms with Gasteiger partial charge in [-0.3, -0.25) is 0 Å². The molecule has 2 aromatic heterocycles. The second-order valence-electron chi connectivity index (χ2n) is 5.87. The van der Waals surface area contributed by atoms with E-state index in [0.29, 0.717) is 12.5 Å². The van der Waals surface area contributed by atoms with Crippen molar-refractivity contribution in [3.05, 3.63) is 48.4 Å². The minimum absolute atomic E-state index is 0.588. The summed E-state index contributed by atoms with van der Waals surface area (Å²) >= 11 is 0. The number of anilines is 2. The van der Waals surface area contributed by atoms with Crippen LogP contribution in [-0.2, 0) is 6.54 Å². The second-order valence-corrected chi connectivity index (χ2v) is 5.87. The fraction of sp³-hybridized carbons (Fsp3) is 0.333. The van der Waals surface area contributed by atoms with Crippen molar-refractivity contribution >= 4 is 22.7 Å². The molecule has 0 unspecified atom stereocenters. The van der Waals surface area contributed by atoms with Gasteiger partial charge in [0.25, 0.3) is 0 Å². The highest BCUT2D eigenvalue weighted by molar-refractivity contribution is 5.90. The predicted octanol–water partition coefficient (Wildman–Crippen LogP) is 3.83. The topological polar surface area (TPSA) is 54.2 Å². The zero-order valence-electron chi connectivity index (χ0n) is 13.0. The number of rotatable bonds is 4. The summed E-state index contributed by atoms with van der Waals surface area (Å²) < 4.78 is 5.36. The average molecular weight is 308 g/mol. The van der Waals surface area contributed by atoms with Gasteiger partial charge in [0, 0.05) is 18.5 Å². The summed E-state index contributed by atoms with van der Waals surface area (Å²) in [4.78, 5) is 11.8. The van der Waals surface area contributed by atoms with Crippen LogP contribution in [0.1, 0.15) is 25.0 Å². The Bertz CT molecular complexity index is 779. The Balaban J connectivity index is 1.67. The van der Waals surface area contributed by atoms with Gasteiger partial charge < -0.3 is 14.6 Å². The summed E-state index contributed by atoms with van der Waals surface area (Å²) in [6.45, 7) is 2.72. The lowest BCUT2D eigenvalue weighted by Crippen LogP contribution is -2.30. The molecule has 0 aliphatic carbocycles. The maximum absolute atomic E-state index is 5.36. The normalized spacial score (nSPS) is 15.0. The lowest BCUT2D eigenvalue weighted by Gasteiger charge is -2.28. The molecule has 0 spiro atoms. The van der Waals surface area contributed by atoms with E-state index < -0.39 is 0 Å². The molecule has 0 amide bonds. The quantitative estimate of drug-likeness (QED) is 0.794. The van der Waals surface area contributed by atoms with E-state index in [-0.39, 0.29) is 0 Å². The van der Waals surface area contributed by atoms with E-state index in [0.717, 1.165) is 35.6 Å². The fourth-order valence-electron chi connectivity index (χ4n) is 3.07. The van der Waals surface area contributed by atoms with Crippen molar-refractivity contribution < 1.29 is 4.42 Å². The standard InChI is InChI=1S/C18H20N4O/c1-4-10-22(11-5-1)17-15-8-2-3-9-16(15)20-18(21-17)19-13-14-7-6-12-23-14/h2-3,6-9,12H,1,4-5,10-11,13H2,(H,19,20,21). The van der Waals surface area contributed by atoms with E-state index in [9.17, 15) is 0 Å². The van der Waals surface area contributed by atoms with Crippen molar-refractivity contribution in [3.63, 3.8) is 0 Å². The monoisotopic (exact) mass is 308 g/mol. The van der Waals surface area contributed by atoms with Crippen LogP contribution in [0.25, 0.3) is 10.9 Å². The zero-order chi connectivity index (χ0) is 15.5. The zero-order valence-corrected chi connectivity index (χ0v) is 13.0. The van der Waals surface area contributed by atoms with Crippen LogP contribution in [-0.4, -0.2) is 23.1 Å². The Morgan fingerprint density at radius 3 is 2.70 bits per heavy atom. The summed E-state index contributed by atoms with van der Waals surface area (Å²) in [5.41, 5.74) is 0.977. The van der Waals surface area contributed by atoms with E-state index in [2.05, 4.69) is 27.3 Å². The number of hydrogen-bond donors (Lipinski definition) is 1. The number of benzene rings is 1. The van der Waals surface area contributed by atoms with Crippen molar-refractivity contribution in [2.24, 2.45) is 0 Å². The largest absolute Gasteiger partial charge is 0.467 e. The molecule has 5 nitrogen and oxygen atoms in total. The van der Waals surface area contributed by atoms with E-state index in [1.165, 1.54) is 19.3 Å². The number of para-hydroxylation sites is 1. The first kappa shape index (κ1) is 14.1. The number of hydrogen-bond acceptors (Lipinski definition) is 5. The van der Waals surface area contributed by atoms with Gasteiger partial charge in [-0.2, -0.15) is 4.98 Å². The molecule has 4 rings (SSSR count). The fourth-order valence-corrected chi connectivity index (χ4v) is 3.07. The molecular weight excluding hydrogens is 288 g/mol. The van der Waals surface area contributed by atoms with Crippen LogP contribution in [0.5, 0.6) is 0 Å². The van der Waals surface area contributed by atoms with Gasteiger partial charge in [-0.15, -0.1) is 0 Å². The molecule has 1 fully saturated rings. The van der Waals surface area contributed by atoms with Crippen molar-refractivity contribution in [3.8, 4) is 0 Å². The Morgan fingerprint density at radius 1 is 1.00 bits per heavy atom. The van der Waals surface area contributed by atoms with Crippen LogP contribution in [0.2, 0.25) is 0 Å². The molecule has 1 aliphatic rings. The van der Waals surface area contributed by atoms with Crippen LogP contribution in [0.4, 0.5) is 11.8 Å². The smallest absolute Gasteiger partial charge is 0.225 e. The maximum Gasteiger partial charge on any atom is 0.225 e. The first-order valence-corrected chi connectivity index (χ1v) is 8.18. The molecule has 118 valence electrons. The predicted molar refractivity (Wildman–Crippen MR) is 91.6 cm³/mol. The number of piperidine rings is 1. The van der Waals surface area contributed by atoms with Crippen LogP contribution >= 0.6 is 0 Å². The summed E-state index contributed by atoms with van der Waals surface area (Å²) in [5.74, 6) is 2.57. The molecule has 3 aromatic rings. The van der Waals surface area contributed by atoms with Gasteiger partial charge >= 0.3 is 0 Å². The molecule has 3 heterocycles. The van der Waals surface area contributed by atoms with Gasteiger partial charge in [0.2, 0.25) is 5.95 Å². The van der Waals surface area contributed by atoms with Crippen molar-refractivity contribution in [2.75, 3.05) is 23.3 Å². The van der Waals surface area contributed by atoms with E-state index in [1.54, 1.807) is 6.26 Å². The number of aromatic nitrogens is 2. The third-order valence-electron chi connectivity index (χ3n) is 4.24. The van der Waals surface area contributed by atoms with Crippen LogP contribution in [0.3, 0.4) is 0 Å². The second kappa shape index (κ2) is 6.28. The lowest BCUT2D eigenvalue weighted by molar-refractivity contribution is 0.517. The van der Waals surface area contributed by atoms with Gasteiger partial charge in [-0.1, -0.05) is 12.1 Å². The highest BCUT2D eigenvalue weighted by atomic mass is 16.3. The first-order chi connectivity index (χ1) is 11.4. The summed E-state index contributed by atoms with van der Waals surface area (Å²) in [7, 11) is 0. The van der Waals surface area contributed by atoms with Crippen molar-refractivity contribution in [1.82, 2.24) is 9.97 Å². The number of fused-ring (bicyclic) bond motifs is 1. The van der Waals surface area contributed by atoms with Gasteiger partial charge in [0.1, 0.15) is 11.6 Å². The van der Waals surface area contributed by atoms with Crippen LogP contribution < -0.4 is 10.2 Å². The molecule has 1 aromatic carbocycles. The minimum atomic E-state index is 0.588. The molecule has 0 bridgehead atoms. The van der Waals surface area contributed by atoms with Crippen LogP contribution in [0.15, 0.2) is 47.1 Å². The Hall–Kier alpha value is -2.56. The first-order valence-electron chi connectivity index (χ1n) is 8.18. The molecule has 1 N–H and O–H groups in total. The van der Waals surface area contributed by atoms with E-state index in [1.807, 2.05) is 24.3 Å². The third-order valence-corrected chi connectivity index (χ3v) is 4.24. The Kier molecular flexibility index (Phi) is 3.84. The lowest BCUT2D eigenvalue weighted by atomic mass is 10.1. The molecule has 1 aliphatic heterocycles.